The summed E-state index contributed by atoms with van der Waals surface area (Å²) in [5.74, 6) is 0.244. The van der Waals surface area contributed by atoms with Gasteiger partial charge in [-0.25, -0.2) is 9.59 Å². The fourth-order valence-electron chi connectivity index (χ4n) is 5.24. The van der Waals surface area contributed by atoms with E-state index in [-0.39, 0.29) is 25.6 Å². The highest BCUT2D eigenvalue weighted by Gasteiger charge is 2.30. The van der Waals surface area contributed by atoms with Gasteiger partial charge in [-0.05, 0) is 45.5 Å². The number of nitrogens with zero attached hydrogens (tertiary/aromatic N) is 2. The summed E-state index contributed by atoms with van der Waals surface area (Å²) in [4.78, 5) is 26.3. The van der Waals surface area contributed by atoms with Gasteiger partial charge in [0.2, 0.25) is 11.8 Å². The van der Waals surface area contributed by atoms with Crippen LogP contribution >= 0.6 is 0 Å². The third kappa shape index (κ3) is 5.93. The van der Waals surface area contributed by atoms with E-state index in [1.54, 1.807) is 6.92 Å². The van der Waals surface area contributed by atoms with Crippen molar-refractivity contribution in [2.24, 2.45) is 0 Å². The number of esters is 1. The Morgan fingerprint density at radius 3 is 2.07 bits per heavy atom. The summed E-state index contributed by atoms with van der Waals surface area (Å²) in [5.41, 5.74) is 6.93. The maximum atomic E-state index is 13.2. The number of hydrogen-bond acceptors (Lipinski definition) is 7. The lowest BCUT2D eigenvalue weighted by molar-refractivity contribution is -0.147. The molecule has 0 spiro atoms. The maximum Gasteiger partial charge on any atom is 0.407 e. The second kappa shape index (κ2) is 12.1. The first-order valence-corrected chi connectivity index (χ1v) is 13.8. The van der Waals surface area contributed by atoms with Crippen LogP contribution in [0.25, 0.3) is 22.6 Å². The number of alkyl carbamates (subject to hydrolysis) is 1. The number of carbonyl (C=O) groups is 2. The van der Waals surface area contributed by atoms with Crippen LogP contribution in [0.3, 0.4) is 0 Å². The van der Waals surface area contributed by atoms with E-state index >= 15 is 0 Å². The molecule has 210 valence electrons. The molecular weight excluding hydrogens is 530 g/mol. The number of benzene rings is 4. The van der Waals surface area contributed by atoms with Gasteiger partial charge in [-0.3, -0.25) is 0 Å². The summed E-state index contributed by atoms with van der Waals surface area (Å²) in [7, 11) is 0. The predicted molar refractivity (Wildman–Crippen MR) is 156 cm³/mol. The minimum Gasteiger partial charge on any atom is -0.459 e. The molecule has 0 aliphatic heterocycles. The monoisotopic (exact) mass is 559 g/mol. The van der Waals surface area contributed by atoms with E-state index in [0.29, 0.717) is 11.8 Å². The SMILES string of the molecule is Cc1nnc(-c2ccc(C[C@H](NC(=O)OCC3c4ccccc4-c4ccccc43)C(=O)OCc3ccccc3)cc2)o1. The minimum absolute atomic E-state index is 0.0903. The zero-order valence-corrected chi connectivity index (χ0v) is 23.0. The molecule has 6 rings (SSSR count). The second-order valence-electron chi connectivity index (χ2n) is 10.1. The zero-order chi connectivity index (χ0) is 28.9. The number of ether oxygens (including phenoxy) is 2. The molecule has 1 heterocycles. The minimum atomic E-state index is -0.958. The maximum absolute atomic E-state index is 13.2. The van der Waals surface area contributed by atoms with Gasteiger partial charge in [0.25, 0.3) is 0 Å². The number of rotatable bonds is 9. The molecule has 1 aliphatic carbocycles. The second-order valence-corrected chi connectivity index (χ2v) is 10.1. The molecule has 0 bridgehead atoms. The Balaban J connectivity index is 1.15. The Kier molecular flexibility index (Phi) is 7.76. The average Bonchev–Trinajstić information content (AvgIpc) is 3.60. The van der Waals surface area contributed by atoms with Crippen molar-refractivity contribution in [1.82, 2.24) is 15.5 Å². The molecule has 0 saturated carbocycles. The molecule has 4 aromatic carbocycles. The summed E-state index contributed by atoms with van der Waals surface area (Å²) in [6.45, 7) is 1.97. The van der Waals surface area contributed by atoms with Crippen LogP contribution in [0.1, 0.15) is 34.1 Å². The molecule has 42 heavy (non-hydrogen) atoms. The van der Waals surface area contributed by atoms with Crippen molar-refractivity contribution in [2.75, 3.05) is 6.61 Å². The quantitative estimate of drug-likeness (QED) is 0.213. The van der Waals surface area contributed by atoms with Crippen LogP contribution in [0, 0.1) is 6.92 Å². The van der Waals surface area contributed by atoms with Crippen molar-refractivity contribution < 1.29 is 23.5 Å². The fourth-order valence-corrected chi connectivity index (χ4v) is 5.24. The summed E-state index contributed by atoms with van der Waals surface area (Å²) in [6, 6.07) is 32.1. The lowest BCUT2D eigenvalue weighted by Gasteiger charge is -2.19. The van der Waals surface area contributed by atoms with E-state index in [1.807, 2.05) is 78.9 Å². The Bertz CT molecular complexity index is 1650. The third-order valence-corrected chi connectivity index (χ3v) is 7.31. The first kappa shape index (κ1) is 27.0. The highest BCUT2D eigenvalue weighted by Crippen LogP contribution is 2.44. The highest BCUT2D eigenvalue weighted by atomic mass is 16.6. The molecule has 0 saturated heterocycles. The lowest BCUT2D eigenvalue weighted by atomic mass is 9.98. The van der Waals surface area contributed by atoms with E-state index < -0.39 is 18.1 Å². The van der Waals surface area contributed by atoms with Crippen molar-refractivity contribution in [1.29, 1.82) is 0 Å². The number of aryl methyl sites for hydroxylation is 1. The number of carbonyl (C=O) groups excluding carboxylic acids is 2. The predicted octanol–water partition coefficient (Wildman–Crippen LogP) is 6.24. The first-order chi connectivity index (χ1) is 20.5. The summed E-state index contributed by atoms with van der Waals surface area (Å²) in [6.07, 6.45) is -0.475. The van der Waals surface area contributed by atoms with Crippen molar-refractivity contribution in [3.63, 3.8) is 0 Å². The van der Waals surface area contributed by atoms with Gasteiger partial charge in [0.05, 0.1) is 0 Å². The smallest absolute Gasteiger partial charge is 0.407 e. The summed E-state index contributed by atoms with van der Waals surface area (Å²) in [5, 5.41) is 10.7. The van der Waals surface area contributed by atoms with Gasteiger partial charge in [0.15, 0.2) is 0 Å². The lowest BCUT2D eigenvalue weighted by Crippen LogP contribution is -2.43. The van der Waals surface area contributed by atoms with Crippen LogP contribution in [-0.4, -0.2) is 34.9 Å². The molecule has 8 heteroatoms. The molecular formula is C34H29N3O5. The van der Waals surface area contributed by atoms with E-state index in [0.717, 1.165) is 38.9 Å². The van der Waals surface area contributed by atoms with Crippen LogP contribution < -0.4 is 5.32 Å². The Morgan fingerprint density at radius 2 is 1.43 bits per heavy atom. The number of hydrogen-bond donors (Lipinski definition) is 1. The molecule has 1 aromatic heterocycles. The third-order valence-electron chi connectivity index (χ3n) is 7.31. The van der Waals surface area contributed by atoms with Gasteiger partial charge in [-0.2, -0.15) is 0 Å². The van der Waals surface area contributed by atoms with Gasteiger partial charge >= 0.3 is 12.1 Å². The normalized spacial score (nSPS) is 12.7. The van der Waals surface area contributed by atoms with E-state index in [9.17, 15) is 9.59 Å². The van der Waals surface area contributed by atoms with Crippen molar-refractivity contribution in [2.45, 2.75) is 31.9 Å². The van der Waals surface area contributed by atoms with E-state index in [1.165, 1.54) is 0 Å². The fraction of sp³-hybridized carbons (Fsp3) is 0.176. The zero-order valence-electron chi connectivity index (χ0n) is 23.0. The van der Waals surface area contributed by atoms with Crippen LogP contribution in [-0.2, 0) is 27.3 Å². The molecule has 0 fully saturated rings. The molecule has 1 aliphatic rings. The summed E-state index contributed by atoms with van der Waals surface area (Å²) >= 11 is 0. The van der Waals surface area contributed by atoms with Crippen molar-refractivity contribution in [3.05, 3.63) is 131 Å². The topological polar surface area (TPSA) is 104 Å². The Labute approximate surface area is 243 Å². The van der Waals surface area contributed by atoms with Gasteiger partial charge in [0, 0.05) is 24.8 Å². The molecule has 1 N–H and O–H groups in total. The van der Waals surface area contributed by atoms with Crippen LogP contribution in [0.5, 0.6) is 0 Å². The van der Waals surface area contributed by atoms with Crippen LogP contribution in [0.4, 0.5) is 4.79 Å². The molecule has 8 nitrogen and oxygen atoms in total. The van der Waals surface area contributed by atoms with E-state index in [2.05, 4.69) is 39.8 Å². The average molecular weight is 560 g/mol. The highest BCUT2D eigenvalue weighted by molar-refractivity contribution is 5.82. The van der Waals surface area contributed by atoms with Crippen molar-refractivity contribution >= 4 is 12.1 Å². The van der Waals surface area contributed by atoms with Crippen molar-refractivity contribution in [3.8, 4) is 22.6 Å². The van der Waals surface area contributed by atoms with Gasteiger partial charge in [-0.15, -0.1) is 10.2 Å². The number of aromatic nitrogens is 2. The standard InChI is InChI=1S/C34H29N3O5/c1-22-36-37-32(42-22)25-17-15-23(16-18-25)19-31(33(38)40-20-24-9-3-2-4-10-24)35-34(39)41-21-30-28-13-7-5-11-26(28)27-12-6-8-14-29(27)30/h2-18,30-31H,19-21H2,1H3,(H,35,39)/t31-/m0/s1. The van der Waals surface area contributed by atoms with Gasteiger partial charge in [0.1, 0.15) is 19.3 Å². The molecule has 0 unspecified atom stereocenters. The first-order valence-electron chi connectivity index (χ1n) is 13.8. The molecule has 1 atom stereocenters. The van der Waals surface area contributed by atoms with Gasteiger partial charge in [-0.1, -0.05) is 91.0 Å². The van der Waals surface area contributed by atoms with Crippen LogP contribution in [0.2, 0.25) is 0 Å². The molecule has 0 radical (unpaired) electrons. The molecule has 5 aromatic rings. The Hall–Kier alpha value is -5.24. The number of nitrogens with one attached hydrogen (secondary N) is 1. The van der Waals surface area contributed by atoms with E-state index in [4.69, 9.17) is 13.9 Å². The number of amides is 1. The molecule has 1 amide bonds. The van der Waals surface area contributed by atoms with Crippen LogP contribution in [0.15, 0.2) is 108 Å². The Morgan fingerprint density at radius 1 is 0.786 bits per heavy atom. The number of fused-ring (bicyclic) bond motifs is 3. The summed E-state index contributed by atoms with van der Waals surface area (Å²) < 4.78 is 16.8. The largest absolute Gasteiger partial charge is 0.459 e. The van der Waals surface area contributed by atoms with Gasteiger partial charge < -0.3 is 19.2 Å².